The van der Waals surface area contributed by atoms with E-state index in [4.69, 9.17) is 9.47 Å². The number of fused-ring (bicyclic) bond motifs is 2. The van der Waals surface area contributed by atoms with Crippen molar-refractivity contribution in [3.63, 3.8) is 0 Å². The van der Waals surface area contributed by atoms with Crippen LogP contribution in [0.1, 0.15) is 0 Å². The normalized spacial score (nSPS) is 11.0. The van der Waals surface area contributed by atoms with Crippen LogP contribution in [0.3, 0.4) is 0 Å². The summed E-state index contributed by atoms with van der Waals surface area (Å²) >= 11 is 0. The highest BCUT2D eigenvalue weighted by Crippen LogP contribution is 2.44. The minimum Gasteiger partial charge on any atom is -0.496 e. The third-order valence-electron chi connectivity index (χ3n) is 4.05. The fourth-order valence-corrected chi connectivity index (χ4v) is 5.08. The molecular weight excluding hydrogens is 364 g/mol. The molecule has 2 aromatic carbocycles. The molecule has 6 heteroatoms. The second-order valence-electron chi connectivity index (χ2n) is 5.50. The molecule has 26 heavy (non-hydrogen) atoms. The molecule has 0 atom stereocenters. The van der Waals surface area contributed by atoms with Crippen LogP contribution in [-0.2, 0) is 0 Å². The maximum atomic E-state index is 5.45. The van der Waals surface area contributed by atoms with E-state index >= 15 is 0 Å². The lowest BCUT2D eigenvalue weighted by Crippen LogP contribution is -1.89. The van der Waals surface area contributed by atoms with Crippen molar-refractivity contribution in [1.82, 2.24) is 9.97 Å². The summed E-state index contributed by atoms with van der Waals surface area (Å²) < 4.78 is 10.9. The van der Waals surface area contributed by atoms with E-state index in [0.717, 1.165) is 43.1 Å². The van der Waals surface area contributed by atoms with Gasteiger partial charge in [0.1, 0.15) is 11.5 Å². The molecule has 0 fully saturated rings. The lowest BCUT2D eigenvalue weighted by atomic mass is 10.2. The van der Waals surface area contributed by atoms with E-state index in [-0.39, 0.29) is 0 Å². The second kappa shape index (κ2) is 7.43. The largest absolute Gasteiger partial charge is 0.496 e. The van der Waals surface area contributed by atoms with Crippen LogP contribution in [0.5, 0.6) is 11.5 Å². The highest BCUT2D eigenvalue weighted by molar-refractivity contribution is 8.76. The quantitative estimate of drug-likeness (QED) is 0.420. The highest BCUT2D eigenvalue weighted by atomic mass is 33.1. The monoisotopic (exact) mass is 380 g/mol. The van der Waals surface area contributed by atoms with Crippen molar-refractivity contribution in [3.8, 4) is 11.5 Å². The van der Waals surface area contributed by atoms with Gasteiger partial charge in [0.2, 0.25) is 0 Å². The van der Waals surface area contributed by atoms with Crippen LogP contribution < -0.4 is 9.47 Å². The predicted octanol–water partition coefficient (Wildman–Crippen LogP) is 5.60. The molecule has 0 saturated heterocycles. The fraction of sp³-hybridized carbons (Fsp3) is 0.100. The van der Waals surface area contributed by atoms with Gasteiger partial charge < -0.3 is 9.47 Å². The average Bonchev–Trinajstić information content (AvgIpc) is 2.71. The highest BCUT2D eigenvalue weighted by Gasteiger charge is 2.12. The Morgan fingerprint density at radius 2 is 1.12 bits per heavy atom. The van der Waals surface area contributed by atoms with E-state index in [2.05, 4.69) is 9.97 Å². The Bertz CT molecular complexity index is 998. The Morgan fingerprint density at radius 1 is 0.654 bits per heavy atom. The van der Waals surface area contributed by atoms with Crippen LogP contribution in [0.25, 0.3) is 21.8 Å². The number of pyridine rings is 2. The Balaban J connectivity index is 1.71. The molecule has 0 saturated carbocycles. The fourth-order valence-electron chi connectivity index (χ4n) is 2.82. The Hall–Kier alpha value is -2.44. The van der Waals surface area contributed by atoms with E-state index in [1.165, 1.54) is 0 Å². The molecule has 0 unspecified atom stereocenters. The number of nitrogens with zero attached hydrogens (tertiary/aromatic N) is 2. The molecule has 0 aliphatic heterocycles. The molecule has 4 aromatic rings. The van der Waals surface area contributed by atoms with Gasteiger partial charge in [-0.25, -0.2) is 0 Å². The number of hydrogen-bond donors (Lipinski definition) is 0. The molecule has 0 aliphatic carbocycles. The lowest BCUT2D eigenvalue weighted by molar-refractivity contribution is 0.419. The van der Waals surface area contributed by atoms with Crippen molar-refractivity contribution >= 4 is 43.4 Å². The van der Waals surface area contributed by atoms with E-state index < -0.39 is 0 Å². The summed E-state index contributed by atoms with van der Waals surface area (Å²) in [6, 6.07) is 16.0. The van der Waals surface area contributed by atoms with Crippen LogP contribution in [0.4, 0.5) is 0 Å². The third kappa shape index (κ3) is 3.06. The molecule has 0 amide bonds. The first-order valence-electron chi connectivity index (χ1n) is 8.00. The molecule has 130 valence electrons. The number of ether oxygens (including phenoxy) is 2. The maximum absolute atomic E-state index is 5.45. The zero-order valence-electron chi connectivity index (χ0n) is 14.3. The van der Waals surface area contributed by atoms with Gasteiger partial charge in [-0.3, -0.25) is 9.97 Å². The van der Waals surface area contributed by atoms with E-state index in [1.807, 2.05) is 48.5 Å². The first-order valence-corrected chi connectivity index (χ1v) is 10.1. The zero-order chi connectivity index (χ0) is 17.9. The summed E-state index contributed by atoms with van der Waals surface area (Å²) in [6.07, 6.45) is 3.61. The number of aromatic nitrogens is 2. The summed E-state index contributed by atoms with van der Waals surface area (Å²) in [5, 5.41) is 2.02. The number of benzene rings is 2. The molecule has 0 aliphatic rings. The Kier molecular flexibility index (Phi) is 4.86. The maximum Gasteiger partial charge on any atom is 0.128 e. The minimum absolute atomic E-state index is 0.832. The first kappa shape index (κ1) is 17.0. The Labute approximate surface area is 159 Å². The van der Waals surface area contributed by atoms with Crippen molar-refractivity contribution in [3.05, 3.63) is 60.9 Å². The standard InChI is InChI=1S/C20H16N2O2S2/c1-23-15-7-9-17(19-13(15)5-3-11-21-19)25-26-18-10-8-16(24-2)14-6-4-12-22-20(14)18/h3-12H,1-2H3. The van der Waals surface area contributed by atoms with Gasteiger partial charge in [-0.1, -0.05) is 21.6 Å². The summed E-state index contributed by atoms with van der Waals surface area (Å²) in [5.74, 6) is 1.66. The summed E-state index contributed by atoms with van der Waals surface area (Å²) in [5.41, 5.74) is 1.88. The second-order valence-corrected chi connectivity index (χ2v) is 7.71. The van der Waals surface area contributed by atoms with Crippen molar-refractivity contribution < 1.29 is 9.47 Å². The smallest absolute Gasteiger partial charge is 0.128 e. The van der Waals surface area contributed by atoms with Crippen LogP contribution in [0, 0.1) is 0 Å². The number of rotatable bonds is 5. The van der Waals surface area contributed by atoms with Crippen molar-refractivity contribution in [1.29, 1.82) is 0 Å². The van der Waals surface area contributed by atoms with Gasteiger partial charge in [0.25, 0.3) is 0 Å². The van der Waals surface area contributed by atoms with Crippen molar-refractivity contribution in [2.24, 2.45) is 0 Å². The van der Waals surface area contributed by atoms with Crippen LogP contribution in [-0.4, -0.2) is 24.2 Å². The van der Waals surface area contributed by atoms with Gasteiger partial charge in [0.05, 0.1) is 25.3 Å². The third-order valence-corrected chi connectivity index (χ3v) is 6.48. The van der Waals surface area contributed by atoms with Crippen LogP contribution >= 0.6 is 21.6 Å². The Morgan fingerprint density at radius 3 is 1.54 bits per heavy atom. The minimum atomic E-state index is 0.832. The van der Waals surface area contributed by atoms with Gasteiger partial charge in [0, 0.05) is 33.0 Å². The molecular formula is C20H16N2O2S2. The predicted molar refractivity (Wildman–Crippen MR) is 108 cm³/mol. The molecule has 0 radical (unpaired) electrons. The van der Waals surface area contributed by atoms with E-state index in [9.17, 15) is 0 Å². The van der Waals surface area contributed by atoms with E-state index in [0.29, 0.717) is 0 Å². The summed E-state index contributed by atoms with van der Waals surface area (Å²) in [6.45, 7) is 0. The van der Waals surface area contributed by atoms with Gasteiger partial charge in [-0.15, -0.1) is 0 Å². The van der Waals surface area contributed by atoms with Crippen LogP contribution in [0.2, 0.25) is 0 Å². The van der Waals surface area contributed by atoms with Gasteiger partial charge >= 0.3 is 0 Å². The zero-order valence-corrected chi connectivity index (χ0v) is 15.9. The number of methoxy groups -OCH3 is 2. The molecule has 0 spiro atoms. The summed E-state index contributed by atoms with van der Waals surface area (Å²) in [4.78, 5) is 11.3. The van der Waals surface area contributed by atoms with E-state index in [1.54, 1.807) is 48.2 Å². The van der Waals surface area contributed by atoms with Gasteiger partial charge in [0.15, 0.2) is 0 Å². The van der Waals surface area contributed by atoms with Gasteiger partial charge in [-0.05, 0) is 48.5 Å². The van der Waals surface area contributed by atoms with Crippen molar-refractivity contribution in [2.75, 3.05) is 14.2 Å². The first-order chi connectivity index (χ1) is 12.8. The molecule has 0 N–H and O–H groups in total. The van der Waals surface area contributed by atoms with Crippen LogP contribution in [0.15, 0.2) is 70.7 Å². The molecule has 4 nitrogen and oxygen atoms in total. The molecule has 0 bridgehead atoms. The van der Waals surface area contributed by atoms with Crippen molar-refractivity contribution in [2.45, 2.75) is 9.79 Å². The number of hydrogen-bond acceptors (Lipinski definition) is 6. The topological polar surface area (TPSA) is 44.2 Å². The lowest BCUT2D eigenvalue weighted by Gasteiger charge is -2.11. The molecule has 2 heterocycles. The average molecular weight is 380 g/mol. The summed E-state index contributed by atoms with van der Waals surface area (Å²) in [7, 11) is 6.69. The SMILES string of the molecule is COc1ccc(SSc2ccc(OC)c3cccnc23)c2ncccc12. The molecule has 2 aromatic heterocycles. The van der Waals surface area contributed by atoms with Gasteiger partial charge in [-0.2, -0.15) is 0 Å². The molecule has 4 rings (SSSR count).